The Balaban J connectivity index is 1.92. The first kappa shape index (κ1) is 18.0. The van der Waals surface area contributed by atoms with Crippen molar-refractivity contribution < 1.29 is 23.0 Å². The molecule has 1 aromatic rings. The van der Waals surface area contributed by atoms with Crippen LogP contribution in [-0.2, 0) is 6.54 Å². The number of halogens is 3. The third-order valence-corrected chi connectivity index (χ3v) is 4.24. The number of aliphatic hydroxyl groups is 1. The van der Waals surface area contributed by atoms with Crippen LogP contribution in [0.2, 0.25) is 0 Å². The monoisotopic (exact) mass is 332 g/mol. The highest BCUT2D eigenvalue weighted by Crippen LogP contribution is 2.25. The summed E-state index contributed by atoms with van der Waals surface area (Å²) in [6.07, 6.45) is -3.70. The minimum atomic E-state index is -4.66. The molecular formula is C16H23F3N2O2. The molecule has 2 rings (SSSR count). The molecule has 130 valence electrons. The first-order chi connectivity index (χ1) is 10.8. The number of nitrogens with zero attached hydrogens (tertiary/aromatic N) is 2. The molecule has 23 heavy (non-hydrogen) atoms. The van der Waals surface area contributed by atoms with Gasteiger partial charge in [0.1, 0.15) is 5.75 Å². The second kappa shape index (κ2) is 7.51. The van der Waals surface area contributed by atoms with E-state index < -0.39 is 6.36 Å². The van der Waals surface area contributed by atoms with Crippen molar-refractivity contribution in [3.63, 3.8) is 0 Å². The Morgan fingerprint density at radius 3 is 2.43 bits per heavy atom. The first-order valence-corrected chi connectivity index (χ1v) is 7.63. The SMILES string of the molecule is CN(C)[C@@H]1CCN(Cc2ccc(OC(F)(F)F)cc2)C[C@@H]1CO. The largest absolute Gasteiger partial charge is 0.573 e. The Morgan fingerprint density at radius 1 is 1.26 bits per heavy atom. The fourth-order valence-electron chi connectivity index (χ4n) is 3.15. The van der Waals surface area contributed by atoms with Crippen molar-refractivity contribution in [2.75, 3.05) is 33.8 Å². The van der Waals surface area contributed by atoms with Crippen molar-refractivity contribution in [3.8, 4) is 5.75 Å². The lowest BCUT2D eigenvalue weighted by Crippen LogP contribution is -2.49. The molecule has 0 spiro atoms. The van der Waals surface area contributed by atoms with Gasteiger partial charge in [0.05, 0.1) is 0 Å². The highest BCUT2D eigenvalue weighted by molar-refractivity contribution is 5.27. The normalized spacial score (nSPS) is 23.3. The molecule has 4 nitrogen and oxygen atoms in total. The number of rotatable bonds is 5. The van der Waals surface area contributed by atoms with E-state index in [1.165, 1.54) is 12.1 Å². The Morgan fingerprint density at radius 2 is 1.91 bits per heavy atom. The number of alkyl halides is 3. The predicted octanol–water partition coefficient (Wildman–Crippen LogP) is 2.33. The maximum atomic E-state index is 12.1. The van der Waals surface area contributed by atoms with Crippen LogP contribution in [0.4, 0.5) is 13.2 Å². The van der Waals surface area contributed by atoms with E-state index in [0.717, 1.165) is 25.1 Å². The van der Waals surface area contributed by atoms with Crippen molar-refractivity contribution in [2.45, 2.75) is 25.4 Å². The minimum Gasteiger partial charge on any atom is -0.406 e. The Hall–Kier alpha value is -1.31. The van der Waals surface area contributed by atoms with E-state index in [9.17, 15) is 18.3 Å². The quantitative estimate of drug-likeness (QED) is 0.898. The molecule has 2 atom stereocenters. The van der Waals surface area contributed by atoms with E-state index in [0.29, 0.717) is 12.6 Å². The molecule has 1 fully saturated rings. The van der Waals surface area contributed by atoms with Gasteiger partial charge in [0, 0.05) is 31.7 Å². The van der Waals surface area contributed by atoms with Crippen molar-refractivity contribution in [3.05, 3.63) is 29.8 Å². The van der Waals surface area contributed by atoms with Gasteiger partial charge in [0.2, 0.25) is 0 Å². The van der Waals surface area contributed by atoms with E-state index in [1.54, 1.807) is 12.1 Å². The smallest absolute Gasteiger partial charge is 0.406 e. The molecule has 1 aliphatic heterocycles. The summed E-state index contributed by atoms with van der Waals surface area (Å²) < 4.78 is 40.3. The van der Waals surface area contributed by atoms with Gasteiger partial charge in [-0.15, -0.1) is 13.2 Å². The van der Waals surface area contributed by atoms with Gasteiger partial charge in [-0.1, -0.05) is 12.1 Å². The van der Waals surface area contributed by atoms with Gasteiger partial charge in [-0.3, -0.25) is 4.90 Å². The van der Waals surface area contributed by atoms with Crippen LogP contribution in [0, 0.1) is 5.92 Å². The molecule has 1 heterocycles. The van der Waals surface area contributed by atoms with E-state index in [2.05, 4.69) is 14.5 Å². The van der Waals surface area contributed by atoms with Crippen LogP contribution >= 0.6 is 0 Å². The summed E-state index contributed by atoms with van der Waals surface area (Å²) in [6.45, 7) is 2.47. The summed E-state index contributed by atoms with van der Waals surface area (Å²) >= 11 is 0. The zero-order valence-electron chi connectivity index (χ0n) is 13.4. The van der Waals surface area contributed by atoms with Crippen LogP contribution in [0.15, 0.2) is 24.3 Å². The predicted molar refractivity (Wildman–Crippen MR) is 81.1 cm³/mol. The molecule has 1 N–H and O–H groups in total. The molecule has 0 radical (unpaired) electrons. The summed E-state index contributed by atoms with van der Waals surface area (Å²) in [5, 5.41) is 9.56. The summed E-state index contributed by atoms with van der Waals surface area (Å²) in [4.78, 5) is 4.36. The third-order valence-electron chi connectivity index (χ3n) is 4.24. The third kappa shape index (κ3) is 5.37. The molecule has 0 aliphatic carbocycles. The second-order valence-corrected chi connectivity index (χ2v) is 6.19. The number of piperidine rings is 1. The number of hydrogen-bond acceptors (Lipinski definition) is 4. The maximum absolute atomic E-state index is 12.1. The zero-order valence-corrected chi connectivity index (χ0v) is 13.4. The maximum Gasteiger partial charge on any atom is 0.573 e. The van der Waals surface area contributed by atoms with Crippen molar-refractivity contribution in [1.82, 2.24) is 9.80 Å². The molecule has 7 heteroatoms. The lowest BCUT2D eigenvalue weighted by molar-refractivity contribution is -0.274. The molecule has 0 amide bonds. The molecular weight excluding hydrogens is 309 g/mol. The molecule has 1 aliphatic rings. The highest BCUT2D eigenvalue weighted by Gasteiger charge is 2.31. The standard InChI is InChI=1S/C16H23F3N2O2/c1-20(2)15-7-8-21(10-13(15)11-22)9-12-3-5-14(6-4-12)23-16(17,18)19/h3-6,13,15,22H,7-11H2,1-2H3/t13-,15-/m1/s1. The summed E-state index contributed by atoms with van der Waals surface area (Å²) in [6, 6.07) is 6.32. The van der Waals surface area contributed by atoms with E-state index in [1.807, 2.05) is 14.1 Å². The lowest BCUT2D eigenvalue weighted by Gasteiger charge is -2.40. The van der Waals surface area contributed by atoms with Crippen LogP contribution in [0.3, 0.4) is 0 Å². The van der Waals surface area contributed by atoms with Gasteiger partial charge < -0.3 is 14.7 Å². The van der Waals surface area contributed by atoms with E-state index >= 15 is 0 Å². The summed E-state index contributed by atoms with van der Waals surface area (Å²) in [5.74, 6) is -0.0209. The van der Waals surface area contributed by atoms with Gasteiger partial charge in [-0.2, -0.15) is 0 Å². The van der Waals surface area contributed by atoms with Gasteiger partial charge in [0.15, 0.2) is 0 Å². The van der Waals surface area contributed by atoms with E-state index in [-0.39, 0.29) is 18.3 Å². The van der Waals surface area contributed by atoms with Crippen molar-refractivity contribution in [1.29, 1.82) is 0 Å². The molecule has 0 saturated carbocycles. The number of hydrogen-bond donors (Lipinski definition) is 1. The van der Waals surface area contributed by atoms with Gasteiger partial charge in [-0.05, 0) is 44.8 Å². The van der Waals surface area contributed by atoms with Crippen molar-refractivity contribution in [2.24, 2.45) is 5.92 Å². The molecule has 0 unspecified atom stereocenters. The van der Waals surface area contributed by atoms with E-state index in [4.69, 9.17) is 0 Å². The van der Waals surface area contributed by atoms with Gasteiger partial charge in [-0.25, -0.2) is 0 Å². The number of ether oxygens (including phenoxy) is 1. The average molecular weight is 332 g/mol. The van der Waals surface area contributed by atoms with Crippen LogP contribution in [0.1, 0.15) is 12.0 Å². The van der Waals surface area contributed by atoms with Crippen LogP contribution < -0.4 is 4.74 Å². The van der Waals surface area contributed by atoms with Crippen LogP contribution in [0.5, 0.6) is 5.75 Å². The average Bonchev–Trinajstić information content (AvgIpc) is 2.47. The van der Waals surface area contributed by atoms with Gasteiger partial charge >= 0.3 is 6.36 Å². The number of benzene rings is 1. The van der Waals surface area contributed by atoms with Crippen molar-refractivity contribution >= 4 is 0 Å². The molecule has 0 aromatic heterocycles. The van der Waals surface area contributed by atoms with Crippen LogP contribution in [-0.4, -0.2) is 61.1 Å². The lowest BCUT2D eigenvalue weighted by atomic mass is 9.91. The second-order valence-electron chi connectivity index (χ2n) is 6.19. The molecule has 0 bridgehead atoms. The Kier molecular flexibility index (Phi) is 5.89. The molecule has 1 aromatic carbocycles. The number of aliphatic hydroxyl groups excluding tert-OH is 1. The van der Waals surface area contributed by atoms with Crippen LogP contribution in [0.25, 0.3) is 0 Å². The Bertz CT molecular complexity index is 491. The first-order valence-electron chi connectivity index (χ1n) is 7.63. The van der Waals surface area contributed by atoms with Gasteiger partial charge in [0.25, 0.3) is 0 Å². The zero-order chi connectivity index (χ0) is 17.0. The summed E-state index contributed by atoms with van der Waals surface area (Å²) in [5.41, 5.74) is 0.930. The minimum absolute atomic E-state index is 0.137. The highest BCUT2D eigenvalue weighted by atomic mass is 19.4. The Labute approximate surface area is 134 Å². The summed E-state index contributed by atoms with van der Waals surface area (Å²) in [7, 11) is 4.03. The fourth-order valence-corrected chi connectivity index (χ4v) is 3.15. The topological polar surface area (TPSA) is 35.9 Å². The number of likely N-dealkylation sites (tertiary alicyclic amines) is 1. The fraction of sp³-hybridized carbons (Fsp3) is 0.625. The molecule has 1 saturated heterocycles.